The fraction of sp³-hybridized carbons (Fsp3) is 0.571. The van der Waals surface area contributed by atoms with E-state index in [4.69, 9.17) is 5.73 Å². The molecule has 21 heavy (non-hydrogen) atoms. The largest absolute Gasteiger partial charge is 0.397 e. The van der Waals surface area contributed by atoms with E-state index in [9.17, 15) is 8.42 Å². The van der Waals surface area contributed by atoms with E-state index < -0.39 is 10.0 Å². The Morgan fingerprint density at radius 2 is 1.95 bits per heavy atom. The molecule has 1 saturated heterocycles. The number of piperidine rings is 1. The number of benzene rings is 1. The minimum atomic E-state index is -3.44. The molecule has 0 aliphatic carbocycles. The highest BCUT2D eigenvalue weighted by molar-refractivity contribution is 7.89. The molecule has 2 rings (SSSR count). The molecule has 7 heteroatoms. The number of nitrogen functional groups attached to an aromatic ring is 1. The van der Waals surface area contributed by atoms with Gasteiger partial charge in [0.2, 0.25) is 10.0 Å². The van der Waals surface area contributed by atoms with Crippen molar-refractivity contribution in [3.05, 3.63) is 18.2 Å². The molecule has 0 atom stereocenters. The van der Waals surface area contributed by atoms with Crippen molar-refractivity contribution >= 4 is 21.4 Å². The van der Waals surface area contributed by atoms with Crippen molar-refractivity contribution in [2.24, 2.45) is 0 Å². The highest BCUT2D eigenvalue weighted by Crippen LogP contribution is 2.22. The van der Waals surface area contributed by atoms with Crippen molar-refractivity contribution in [3.63, 3.8) is 0 Å². The highest BCUT2D eigenvalue weighted by Gasteiger charge is 2.13. The first-order chi connectivity index (χ1) is 10.0. The van der Waals surface area contributed by atoms with Gasteiger partial charge in [-0.25, -0.2) is 13.1 Å². The number of nitrogens with two attached hydrogens (primary N) is 1. The first-order valence-electron chi connectivity index (χ1n) is 7.32. The van der Waals surface area contributed by atoms with Crippen molar-refractivity contribution in [2.45, 2.75) is 24.2 Å². The molecule has 0 aromatic heterocycles. The van der Waals surface area contributed by atoms with Crippen LogP contribution in [0.1, 0.15) is 19.3 Å². The summed E-state index contributed by atoms with van der Waals surface area (Å²) in [6, 6.07) is 4.71. The van der Waals surface area contributed by atoms with E-state index in [0.717, 1.165) is 26.2 Å². The molecule has 0 amide bonds. The molecular weight excluding hydrogens is 288 g/mol. The van der Waals surface area contributed by atoms with Crippen LogP contribution in [-0.2, 0) is 10.0 Å². The second-order valence-corrected chi connectivity index (χ2v) is 7.17. The fourth-order valence-corrected chi connectivity index (χ4v) is 3.26. The van der Waals surface area contributed by atoms with Gasteiger partial charge >= 0.3 is 0 Å². The summed E-state index contributed by atoms with van der Waals surface area (Å²) in [6.07, 6.45) is 3.84. The average molecular weight is 312 g/mol. The smallest absolute Gasteiger partial charge is 0.240 e. The van der Waals surface area contributed by atoms with Crippen LogP contribution in [0.4, 0.5) is 11.4 Å². The Morgan fingerprint density at radius 3 is 2.62 bits per heavy atom. The van der Waals surface area contributed by atoms with Gasteiger partial charge in [0.15, 0.2) is 0 Å². The number of likely N-dealkylation sites (tertiary alicyclic amines) is 1. The number of hydrogen-bond donors (Lipinski definition) is 3. The highest BCUT2D eigenvalue weighted by atomic mass is 32.2. The number of hydrogen-bond acceptors (Lipinski definition) is 5. The zero-order valence-corrected chi connectivity index (χ0v) is 13.2. The van der Waals surface area contributed by atoms with E-state index in [1.54, 1.807) is 12.1 Å². The summed E-state index contributed by atoms with van der Waals surface area (Å²) in [7, 11) is -2.04. The van der Waals surface area contributed by atoms with Crippen LogP contribution in [0.3, 0.4) is 0 Å². The van der Waals surface area contributed by atoms with Gasteiger partial charge in [0.05, 0.1) is 16.3 Å². The lowest BCUT2D eigenvalue weighted by atomic mass is 10.1. The van der Waals surface area contributed by atoms with Crippen LogP contribution >= 0.6 is 0 Å². The maximum Gasteiger partial charge on any atom is 0.240 e. The summed E-state index contributed by atoms with van der Waals surface area (Å²) in [4.78, 5) is 2.64. The molecule has 1 fully saturated rings. The van der Waals surface area contributed by atoms with Crippen molar-refractivity contribution < 1.29 is 8.42 Å². The Hall–Kier alpha value is -1.31. The minimum absolute atomic E-state index is 0.222. The summed E-state index contributed by atoms with van der Waals surface area (Å²) in [5.74, 6) is 0. The Labute approximate surface area is 126 Å². The molecule has 6 nitrogen and oxygen atoms in total. The molecule has 1 heterocycles. The third-order valence-electron chi connectivity index (χ3n) is 3.80. The van der Waals surface area contributed by atoms with Gasteiger partial charge in [-0.3, -0.25) is 0 Å². The topological polar surface area (TPSA) is 87.5 Å². The standard InChI is InChI=1S/C14H24N4O2S/c1-16-21(19,20)12-5-6-13(15)14(11-12)17-7-10-18-8-3-2-4-9-18/h5-6,11,16-17H,2-4,7-10,15H2,1H3. The van der Waals surface area contributed by atoms with Crippen LogP contribution in [0.5, 0.6) is 0 Å². The Kier molecular flexibility index (Phi) is 5.44. The van der Waals surface area contributed by atoms with E-state index in [1.807, 2.05) is 0 Å². The van der Waals surface area contributed by atoms with E-state index >= 15 is 0 Å². The Balaban J connectivity index is 1.97. The van der Waals surface area contributed by atoms with Gasteiger partial charge in [-0.15, -0.1) is 0 Å². The number of nitrogens with zero attached hydrogens (tertiary/aromatic N) is 1. The number of nitrogens with one attached hydrogen (secondary N) is 2. The van der Waals surface area contributed by atoms with Crippen LogP contribution in [0.25, 0.3) is 0 Å². The SMILES string of the molecule is CNS(=O)(=O)c1ccc(N)c(NCCN2CCCCC2)c1. The van der Waals surface area contributed by atoms with Gasteiger partial charge in [0.25, 0.3) is 0 Å². The molecule has 118 valence electrons. The summed E-state index contributed by atoms with van der Waals surface area (Å²) < 4.78 is 25.9. The van der Waals surface area contributed by atoms with Crippen molar-refractivity contribution in [1.29, 1.82) is 0 Å². The van der Waals surface area contributed by atoms with Gasteiger partial charge in [0, 0.05) is 13.1 Å². The predicted octanol–water partition coefficient (Wildman–Crippen LogP) is 1.07. The maximum atomic E-state index is 11.8. The van der Waals surface area contributed by atoms with Crippen LogP contribution < -0.4 is 15.8 Å². The van der Waals surface area contributed by atoms with Crippen LogP contribution in [0.15, 0.2) is 23.1 Å². The van der Waals surface area contributed by atoms with Gasteiger partial charge in [-0.1, -0.05) is 6.42 Å². The average Bonchev–Trinajstić information content (AvgIpc) is 2.50. The summed E-state index contributed by atoms with van der Waals surface area (Å²) in [5, 5.41) is 3.24. The molecule has 0 unspecified atom stereocenters. The molecule has 0 bridgehead atoms. The van der Waals surface area contributed by atoms with E-state index in [1.165, 1.54) is 32.4 Å². The molecular formula is C14H24N4O2S. The summed E-state index contributed by atoms with van der Waals surface area (Å²) in [5.41, 5.74) is 7.13. The second-order valence-electron chi connectivity index (χ2n) is 5.29. The number of rotatable bonds is 6. The Morgan fingerprint density at radius 1 is 1.24 bits per heavy atom. The molecule has 1 aliphatic rings. The van der Waals surface area contributed by atoms with Crippen LogP contribution in [0.2, 0.25) is 0 Å². The first-order valence-corrected chi connectivity index (χ1v) is 8.80. The molecule has 1 aromatic carbocycles. The zero-order valence-electron chi connectivity index (χ0n) is 12.4. The normalized spacial score (nSPS) is 16.8. The monoisotopic (exact) mass is 312 g/mol. The quantitative estimate of drug-likeness (QED) is 0.684. The lowest BCUT2D eigenvalue weighted by molar-refractivity contribution is 0.237. The predicted molar refractivity (Wildman–Crippen MR) is 85.9 cm³/mol. The van der Waals surface area contributed by atoms with Gasteiger partial charge in [-0.05, 0) is 51.2 Å². The number of anilines is 2. The number of sulfonamides is 1. The van der Waals surface area contributed by atoms with Crippen LogP contribution in [-0.4, -0.2) is 46.5 Å². The molecule has 1 aromatic rings. The zero-order chi connectivity index (χ0) is 15.3. The lowest BCUT2D eigenvalue weighted by Crippen LogP contribution is -2.33. The third-order valence-corrected chi connectivity index (χ3v) is 5.21. The molecule has 1 aliphatic heterocycles. The van der Waals surface area contributed by atoms with Gasteiger partial charge < -0.3 is 16.0 Å². The minimum Gasteiger partial charge on any atom is -0.397 e. The van der Waals surface area contributed by atoms with E-state index in [2.05, 4.69) is 14.9 Å². The lowest BCUT2D eigenvalue weighted by Gasteiger charge is -2.26. The maximum absolute atomic E-state index is 11.8. The fourth-order valence-electron chi connectivity index (χ4n) is 2.51. The van der Waals surface area contributed by atoms with E-state index in [0.29, 0.717) is 11.4 Å². The van der Waals surface area contributed by atoms with E-state index in [-0.39, 0.29) is 4.90 Å². The third kappa shape index (κ3) is 4.33. The molecule has 0 radical (unpaired) electrons. The molecule has 0 spiro atoms. The van der Waals surface area contributed by atoms with Gasteiger partial charge in [-0.2, -0.15) is 0 Å². The first kappa shape index (κ1) is 16.1. The van der Waals surface area contributed by atoms with Crippen molar-refractivity contribution in [2.75, 3.05) is 44.3 Å². The second kappa shape index (κ2) is 7.11. The van der Waals surface area contributed by atoms with Crippen molar-refractivity contribution in [3.8, 4) is 0 Å². The summed E-state index contributed by atoms with van der Waals surface area (Å²) in [6.45, 7) is 3.99. The van der Waals surface area contributed by atoms with Crippen LogP contribution in [0, 0.1) is 0 Å². The molecule has 0 saturated carbocycles. The molecule has 4 N–H and O–H groups in total. The summed E-state index contributed by atoms with van der Waals surface area (Å²) >= 11 is 0. The van der Waals surface area contributed by atoms with Gasteiger partial charge in [0.1, 0.15) is 0 Å². The Bertz CT molecular complexity index is 568. The van der Waals surface area contributed by atoms with Crippen molar-refractivity contribution in [1.82, 2.24) is 9.62 Å².